The highest BCUT2D eigenvalue weighted by molar-refractivity contribution is 5.99. The molecule has 7 heteroatoms. The summed E-state index contributed by atoms with van der Waals surface area (Å²) in [5, 5.41) is 16.5. The van der Waals surface area contributed by atoms with Crippen LogP contribution in [-0.4, -0.2) is 17.9 Å². The van der Waals surface area contributed by atoms with Crippen LogP contribution in [0.2, 0.25) is 0 Å². The van der Waals surface area contributed by atoms with Gasteiger partial charge in [0, 0.05) is 5.69 Å². The topological polar surface area (TPSA) is 97.4 Å². The van der Waals surface area contributed by atoms with Gasteiger partial charge in [-0.2, -0.15) is 0 Å². The third kappa shape index (κ3) is 2.38. The second-order valence-corrected chi connectivity index (χ2v) is 4.80. The second-order valence-electron chi connectivity index (χ2n) is 4.80. The minimum Gasteiger partial charge on any atom is -0.404 e. The minimum absolute atomic E-state index is 0.0307. The zero-order chi connectivity index (χ0) is 15.0. The van der Waals surface area contributed by atoms with Gasteiger partial charge in [-0.3, -0.25) is 14.9 Å². The van der Waals surface area contributed by atoms with E-state index in [-0.39, 0.29) is 17.8 Å². The summed E-state index contributed by atoms with van der Waals surface area (Å²) in [6.45, 7) is 0. The van der Waals surface area contributed by atoms with E-state index < -0.39 is 4.92 Å². The molecule has 0 radical (unpaired) electrons. The van der Waals surface area contributed by atoms with Gasteiger partial charge in [0.1, 0.15) is 10.7 Å². The van der Waals surface area contributed by atoms with E-state index >= 15 is 0 Å². The molecule has 1 atom stereocenters. The van der Waals surface area contributed by atoms with Gasteiger partial charge in [0.25, 0.3) is 0 Å². The average molecular weight is 287 g/mol. The fourth-order valence-corrected chi connectivity index (χ4v) is 2.50. The third-order valence-electron chi connectivity index (χ3n) is 3.45. The zero-order valence-electron chi connectivity index (χ0n) is 11.3. The van der Waals surface area contributed by atoms with Crippen LogP contribution in [0.4, 0.5) is 11.6 Å². The van der Waals surface area contributed by atoms with Crippen molar-refractivity contribution >= 4 is 17.5 Å². The van der Waals surface area contributed by atoms with Gasteiger partial charge in [0.05, 0.1) is 18.5 Å². The molecule has 0 bridgehead atoms. The zero-order valence-corrected chi connectivity index (χ0v) is 11.3. The van der Waals surface area contributed by atoms with E-state index in [9.17, 15) is 14.9 Å². The lowest BCUT2D eigenvalue weighted by atomic mass is 10.0. The molecule has 1 aromatic carbocycles. The fraction of sp³-hybridized carbons (Fsp3) is 0.214. The number of hydrogen-bond donors (Lipinski definition) is 2. The van der Waals surface area contributed by atoms with Crippen LogP contribution in [-0.2, 0) is 11.2 Å². The van der Waals surface area contributed by atoms with Crippen molar-refractivity contribution in [3.63, 3.8) is 0 Å². The number of furan rings is 1. The molecule has 2 aromatic rings. The maximum absolute atomic E-state index is 11.4. The van der Waals surface area contributed by atoms with Crippen LogP contribution in [0.5, 0.6) is 0 Å². The van der Waals surface area contributed by atoms with Crippen LogP contribution in [0.25, 0.3) is 0 Å². The second kappa shape index (κ2) is 5.02. The maximum atomic E-state index is 11.4. The van der Waals surface area contributed by atoms with Gasteiger partial charge < -0.3 is 15.1 Å². The van der Waals surface area contributed by atoms with E-state index in [0.717, 1.165) is 16.8 Å². The van der Waals surface area contributed by atoms with Gasteiger partial charge in [-0.1, -0.05) is 12.1 Å². The van der Waals surface area contributed by atoms with Crippen LogP contribution in [0.1, 0.15) is 22.9 Å². The van der Waals surface area contributed by atoms with Gasteiger partial charge in [-0.05, 0) is 30.3 Å². The number of amides is 1. The summed E-state index contributed by atoms with van der Waals surface area (Å²) < 4.78 is 5.25. The normalized spacial score (nSPS) is 14.6. The minimum atomic E-state index is -0.568. The summed E-state index contributed by atoms with van der Waals surface area (Å²) in [7, 11) is 1.75. The lowest BCUT2D eigenvalue weighted by Crippen LogP contribution is -2.17. The van der Waals surface area contributed by atoms with Crippen molar-refractivity contribution in [3.05, 3.63) is 57.3 Å². The first-order valence-electron chi connectivity index (χ1n) is 6.42. The SMILES string of the molecule is CNC(c1ccc2c(c1)CC(=O)N2)c1ccc([N+](=O)[O-])o1. The Bertz CT molecular complexity index is 723. The van der Waals surface area contributed by atoms with E-state index in [0.29, 0.717) is 12.2 Å². The lowest BCUT2D eigenvalue weighted by Gasteiger charge is -2.14. The molecule has 7 nitrogen and oxygen atoms in total. The Labute approximate surface area is 120 Å². The fourth-order valence-electron chi connectivity index (χ4n) is 2.50. The molecule has 1 aliphatic heterocycles. The molecule has 1 aliphatic rings. The predicted octanol–water partition coefficient (Wildman–Crippen LogP) is 1.99. The highest BCUT2D eigenvalue weighted by atomic mass is 16.6. The molecule has 21 heavy (non-hydrogen) atoms. The summed E-state index contributed by atoms with van der Waals surface area (Å²) >= 11 is 0. The summed E-state index contributed by atoms with van der Waals surface area (Å²) in [5.41, 5.74) is 2.61. The lowest BCUT2D eigenvalue weighted by molar-refractivity contribution is -0.402. The number of anilines is 1. The molecule has 108 valence electrons. The number of benzene rings is 1. The van der Waals surface area contributed by atoms with E-state index in [1.54, 1.807) is 13.1 Å². The van der Waals surface area contributed by atoms with Crippen LogP contribution >= 0.6 is 0 Å². The molecule has 3 rings (SSSR count). The van der Waals surface area contributed by atoms with Gasteiger partial charge in [0.15, 0.2) is 0 Å². The highest BCUT2D eigenvalue weighted by Gasteiger charge is 2.23. The molecule has 0 saturated heterocycles. The Balaban J connectivity index is 1.94. The Morgan fingerprint density at radius 3 is 2.86 bits per heavy atom. The standard InChI is InChI=1S/C14H13N3O4/c1-15-14(11-4-5-13(21-11)17(19)20)8-2-3-10-9(6-8)7-12(18)16-10/h2-6,14-15H,7H2,1H3,(H,16,18). The molecule has 2 heterocycles. The van der Waals surface area contributed by atoms with Crippen molar-refractivity contribution < 1.29 is 14.1 Å². The van der Waals surface area contributed by atoms with Crippen molar-refractivity contribution in [2.75, 3.05) is 12.4 Å². The van der Waals surface area contributed by atoms with Crippen LogP contribution in [0, 0.1) is 10.1 Å². The Hall–Kier alpha value is -2.67. The van der Waals surface area contributed by atoms with Crippen molar-refractivity contribution in [2.24, 2.45) is 0 Å². The molecule has 0 spiro atoms. The first-order valence-corrected chi connectivity index (χ1v) is 6.42. The number of nitrogens with zero attached hydrogens (tertiary/aromatic N) is 1. The molecule has 0 fully saturated rings. The Morgan fingerprint density at radius 2 is 2.19 bits per heavy atom. The number of rotatable bonds is 4. The first kappa shape index (κ1) is 13.3. The van der Waals surface area contributed by atoms with Crippen LogP contribution in [0.3, 0.4) is 0 Å². The number of carbonyl (C=O) groups is 1. The van der Waals surface area contributed by atoms with Gasteiger partial charge in [-0.15, -0.1) is 0 Å². The highest BCUT2D eigenvalue weighted by Crippen LogP contribution is 2.31. The molecule has 1 aromatic heterocycles. The van der Waals surface area contributed by atoms with Crippen LogP contribution < -0.4 is 10.6 Å². The van der Waals surface area contributed by atoms with Crippen molar-refractivity contribution in [1.29, 1.82) is 0 Å². The summed E-state index contributed by atoms with van der Waals surface area (Å²) in [6.07, 6.45) is 0.345. The molecule has 0 saturated carbocycles. The van der Waals surface area contributed by atoms with Gasteiger partial charge >= 0.3 is 5.88 Å². The summed E-state index contributed by atoms with van der Waals surface area (Å²) in [6, 6.07) is 8.20. The smallest absolute Gasteiger partial charge is 0.404 e. The number of nitrogens with one attached hydrogen (secondary N) is 2. The Morgan fingerprint density at radius 1 is 1.38 bits per heavy atom. The van der Waals surface area contributed by atoms with Gasteiger partial charge in [0.2, 0.25) is 5.91 Å². The molecule has 0 aliphatic carbocycles. The number of carbonyl (C=O) groups excluding carboxylic acids is 1. The largest absolute Gasteiger partial charge is 0.433 e. The van der Waals surface area contributed by atoms with Crippen LogP contribution in [0.15, 0.2) is 34.7 Å². The molecule has 1 amide bonds. The summed E-state index contributed by atoms with van der Waals surface area (Å²) in [4.78, 5) is 21.5. The summed E-state index contributed by atoms with van der Waals surface area (Å²) in [5.74, 6) is 0.140. The van der Waals surface area contributed by atoms with E-state index in [4.69, 9.17) is 4.42 Å². The van der Waals surface area contributed by atoms with E-state index in [1.807, 2.05) is 18.2 Å². The Kier molecular flexibility index (Phi) is 3.19. The monoisotopic (exact) mass is 287 g/mol. The van der Waals surface area contributed by atoms with Crippen molar-refractivity contribution in [1.82, 2.24) is 5.32 Å². The quantitative estimate of drug-likeness (QED) is 0.662. The number of fused-ring (bicyclic) bond motifs is 1. The molecule has 1 unspecified atom stereocenters. The maximum Gasteiger partial charge on any atom is 0.433 e. The number of hydrogen-bond acceptors (Lipinski definition) is 5. The van der Waals surface area contributed by atoms with Crippen molar-refractivity contribution in [3.8, 4) is 0 Å². The third-order valence-corrected chi connectivity index (χ3v) is 3.45. The van der Waals surface area contributed by atoms with E-state index in [2.05, 4.69) is 10.6 Å². The van der Waals surface area contributed by atoms with Crippen molar-refractivity contribution in [2.45, 2.75) is 12.5 Å². The molecule has 2 N–H and O–H groups in total. The average Bonchev–Trinajstić information content (AvgIpc) is 3.05. The molecular formula is C14H13N3O4. The number of nitro groups is 1. The first-order chi connectivity index (χ1) is 10.1. The van der Waals surface area contributed by atoms with E-state index in [1.165, 1.54) is 6.07 Å². The predicted molar refractivity (Wildman–Crippen MR) is 75.0 cm³/mol. The molecular weight excluding hydrogens is 274 g/mol. The van der Waals surface area contributed by atoms with Gasteiger partial charge in [-0.25, -0.2) is 0 Å².